The maximum absolute atomic E-state index is 13.6. The molecule has 6 heteroatoms. The van der Waals surface area contributed by atoms with Crippen LogP contribution < -0.4 is 5.32 Å². The molecular formula is C26H40N4O2. The molecular weight excluding hydrogens is 400 g/mol. The third-order valence-corrected chi connectivity index (χ3v) is 5.88. The zero-order valence-corrected chi connectivity index (χ0v) is 20.7. The Kier molecular flexibility index (Phi) is 9.95. The topological polar surface area (TPSA) is 67.2 Å². The minimum Gasteiger partial charge on any atom is -0.353 e. The molecule has 0 fully saturated rings. The van der Waals surface area contributed by atoms with Crippen molar-refractivity contribution in [2.45, 2.75) is 92.7 Å². The van der Waals surface area contributed by atoms with Gasteiger partial charge in [0.05, 0.1) is 12.2 Å². The molecule has 32 heavy (non-hydrogen) atoms. The van der Waals surface area contributed by atoms with E-state index >= 15 is 0 Å². The minimum absolute atomic E-state index is 0.242. The Balaban J connectivity index is 2.62. The molecule has 0 aliphatic carbocycles. The van der Waals surface area contributed by atoms with Crippen LogP contribution in [0.5, 0.6) is 0 Å². The van der Waals surface area contributed by atoms with Gasteiger partial charge in [-0.3, -0.25) is 14.5 Å². The van der Waals surface area contributed by atoms with Crippen LogP contribution in [0.1, 0.15) is 94.0 Å². The van der Waals surface area contributed by atoms with Crippen LogP contribution in [0.2, 0.25) is 0 Å². The summed E-state index contributed by atoms with van der Waals surface area (Å²) in [4.78, 5) is 32.0. The van der Waals surface area contributed by atoms with Gasteiger partial charge in [-0.15, -0.1) is 0 Å². The molecule has 2 amide bonds. The largest absolute Gasteiger partial charge is 0.353 e. The van der Waals surface area contributed by atoms with E-state index in [9.17, 15) is 9.59 Å². The summed E-state index contributed by atoms with van der Waals surface area (Å²) in [6, 6.07) is 8.63. The number of hydrogen-bond acceptors (Lipinski definition) is 4. The van der Waals surface area contributed by atoms with Crippen LogP contribution in [0.15, 0.2) is 24.3 Å². The van der Waals surface area contributed by atoms with Crippen molar-refractivity contribution in [3.05, 3.63) is 46.8 Å². The first-order chi connectivity index (χ1) is 15.4. The van der Waals surface area contributed by atoms with Crippen LogP contribution in [-0.4, -0.2) is 38.9 Å². The molecule has 0 saturated heterocycles. The average Bonchev–Trinajstić information content (AvgIpc) is 3.10. The highest BCUT2D eigenvalue weighted by Gasteiger charge is 2.28. The monoisotopic (exact) mass is 440 g/mol. The van der Waals surface area contributed by atoms with Gasteiger partial charge in [-0.2, -0.15) is 0 Å². The summed E-state index contributed by atoms with van der Waals surface area (Å²) < 4.78 is 1.99. The molecule has 1 aromatic carbocycles. The Morgan fingerprint density at radius 2 is 1.78 bits per heavy atom. The second-order valence-electron chi connectivity index (χ2n) is 8.51. The van der Waals surface area contributed by atoms with Crippen LogP contribution >= 0.6 is 0 Å². The number of aromatic nitrogens is 2. The molecule has 0 saturated carbocycles. The molecule has 1 atom stereocenters. The lowest BCUT2D eigenvalue weighted by Gasteiger charge is -2.21. The standard InChI is InChI=1S/C26H40N4O2/c1-7-11-13-23-24(25(32)29(10-4)20(6)31)30(18-21-16-14-19(5)15-17-21)26(28-23)27-22(9-3)12-8-2/h14-17,22H,7-13,18H2,1-6H3,(H,27,28). The van der Waals surface area contributed by atoms with Gasteiger partial charge in [0, 0.05) is 19.5 Å². The Hall–Kier alpha value is -2.63. The van der Waals surface area contributed by atoms with E-state index in [4.69, 9.17) is 4.98 Å². The van der Waals surface area contributed by atoms with Gasteiger partial charge in [-0.25, -0.2) is 4.98 Å². The van der Waals surface area contributed by atoms with Crippen molar-refractivity contribution < 1.29 is 9.59 Å². The predicted octanol–water partition coefficient (Wildman–Crippen LogP) is 5.58. The van der Waals surface area contributed by atoms with Gasteiger partial charge in [-0.05, 0) is 45.1 Å². The number of aryl methyl sites for hydroxylation is 2. The molecule has 0 bridgehead atoms. The fourth-order valence-corrected chi connectivity index (χ4v) is 3.95. The van der Waals surface area contributed by atoms with Crippen molar-refractivity contribution in [2.75, 3.05) is 11.9 Å². The van der Waals surface area contributed by atoms with Crippen molar-refractivity contribution in [3.8, 4) is 0 Å². The summed E-state index contributed by atoms with van der Waals surface area (Å²) in [5, 5.41) is 3.60. The lowest BCUT2D eigenvalue weighted by molar-refractivity contribution is -0.126. The van der Waals surface area contributed by atoms with E-state index in [-0.39, 0.29) is 17.9 Å². The molecule has 176 valence electrons. The molecule has 0 aliphatic heterocycles. The first-order valence-electron chi connectivity index (χ1n) is 12.1. The summed E-state index contributed by atoms with van der Waals surface area (Å²) in [5.41, 5.74) is 3.60. The van der Waals surface area contributed by atoms with Crippen LogP contribution in [0, 0.1) is 6.92 Å². The lowest BCUT2D eigenvalue weighted by atomic mass is 10.1. The Labute approximate surface area is 193 Å². The fraction of sp³-hybridized carbons (Fsp3) is 0.577. The van der Waals surface area contributed by atoms with Crippen LogP contribution in [-0.2, 0) is 17.8 Å². The highest BCUT2D eigenvalue weighted by Crippen LogP contribution is 2.24. The van der Waals surface area contributed by atoms with Gasteiger partial charge in [0.2, 0.25) is 11.9 Å². The van der Waals surface area contributed by atoms with E-state index in [1.165, 1.54) is 17.4 Å². The van der Waals surface area contributed by atoms with Crippen molar-refractivity contribution in [1.29, 1.82) is 0 Å². The first kappa shape index (κ1) is 25.6. The smallest absolute Gasteiger partial charge is 0.279 e. The number of nitrogens with one attached hydrogen (secondary N) is 1. The number of nitrogens with zero attached hydrogens (tertiary/aromatic N) is 3. The van der Waals surface area contributed by atoms with Gasteiger partial charge >= 0.3 is 0 Å². The van der Waals surface area contributed by atoms with Gasteiger partial charge in [0.25, 0.3) is 5.91 Å². The molecule has 2 aromatic rings. The summed E-state index contributed by atoms with van der Waals surface area (Å²) >= 11 is 0. The van der Waals surface area contributed by atoms with Crippen LogP contribution in [0.25, 0.3) is 0 Å². The zero-order valence-electron chi connectivity index (χ0n) is 20.7. The van der Waals surface area contributed by atoms with Gasteiger partial charge in [0.15, 0.2) is 0 Å². The number of imide groups is 1. The van der Waals surface area contributed by atoms with Gasteiger partial charge < -0.3 is 9.88 Å². The van der Waals surface area contributed by atoms with Crippen LogP contribution in [0.3, 0.4) is 0 Å². The number of imidazole rings is 1. The van der Waals surface area contributed by atoms with E-state index in [1.807, 2.05) is 11.5 Å². The molecule has 1 N–H and O–H groups in total. The molecule has 1 heterocycles. The third kappa shape index (κ3) is 6.44. The maximum Gasteiger partial charge on any atom is 0.279 e. The van der Waals surface area contributed by atoms with E-state index in [2.05, 4.69) is 57.3 Å². The highest BCUT2D eigenvalue weighted by atomic mass is 16.2. The second kappa shape index (κ2) is 12.4. The number of carbonyl (C=O) groups excluding carboxylic acids is 2. The summed E-state index contributed by atoms with van der Waals surface area (Å²) in [6.45, 7) is 12.7. The first-order valence-corrected chi connectivity index (χ1v) is 12.1. The predicted molar refractivity (Wildman–Crippen MR) is 131 cm³/mol. The average molecular weight is 441 g/mol. The van der Waals surface area contributed by atoms with Gasteiger partial charge in [-0.1, -0.05) is 63.4 Å². The van der Waals surface area contributed by atoms with E-state index < -0.39 is 0 Å². The number of hydrogen-bond donors (Lipinski definition) is 1. The third-order valence-electron chi connectivity index (χ3n) is 5.88. The quantitative estimate of drug-likeness (QED) is 0.468. The van der Waals surface area contributed by atoms with Crippen LogP contribution in [0.4, 0.5) is 5.95 Å². The molecule has 1 unspecified atom stereocenters. The number of carbonyl (C=O) groups is 2. The van der Waals surface area contributed by atoms with E-state index in [0.717, 1.165) is 49.3 Å². The SMILES string of the molecule is CCCCc1nc(NC(CC)CCC)n(Cc2ccc(C)cc2)c1C(=O)N(CC)C(C)=O. The lowest BCUT2D eigenvalue weighted by Crippen LogP contribution is -2.37. The fourth-order valence-electron chi connectivity index (χ4n) is 3.95. The molecule has 0 aliphatic rings. The van der Waals surface area contributed by atoms with Crippen molar-refractivity contribution in [3.63, 3.8) is 0 Å². The molecule has 6 nitrogen and oxygen atoms in total. The second-order valence-corrected chi connectivity index (χ2v) is 8.51. The highest BCUT2D eigenvalue weighted by molar-refractivity contribution is 6.04. The summed E-state index contributed by atoms with van der Waals surface area (Å²) in [7, 11) is 0. The number of benzene rings is 1. The number of rotatable bonds is 12. The summed E-state index contributed by atoms with van der Waals surface area (Å²) in [5.74, 6) is 0.219. The normalized spacial score (nSPS) is 11.9. The Bertz CT molecular complexity index is 886. The molecule has 2 rings (SSSR count). The Morgan fingerprint density at radius 1 is 1.09 bits per heavy atom. The molecule has 0 spiro atoms. The van der Waals surface area contributed by atoms with Gasteiger partial charge in [0.1, 0.15) is 5.69 Å². The van der Waals surface area contributed by atoms with Crippen molar-refractivity contribution in [1.82, 2.24) is 14.5 Å². The zero-order chi connectivity index (χ0) is 23.7. The summed E-state index contributed by atoms with van der Waals surface area (Å²) in [6.07, 6.45) is 5.77. The molecule has 0 radical (unpaired) electrons. The number of amides is 2. The minimum atomic E-state index is -0.262. The molecule has 1 aromatic heterocycles. The maximum atomic E-state index is 13.6. The number of anilines is 1. The van der Waals surface area contributed by atoms with E-state index in [1.54, 1.807) is 0 Å². The number of unbranched alkanes of at least 4 members (excludes halogenated alkanes) is 1. The van der Waals surface area contributed by atoms with Crippen molar-refractivity contribution >= 4 is 17.8 Å². The van der Waals surface area contributed by atoms with E-state index in [0.29, 0.717) is 25.2 Å². The Morgan fingerprint density at radius 3 is 2.31 bits per heavy atom. The van der Waals surface area contributed by atoms with Crippen molar-refractivity contribution in [2.24, 2.45) is 0 Å².